The van der Waals surface area contributed by atoms with Gasteiger partial charge in [0.1, 0.15) is 24.4 Å². The van der Waals surface area contributed by atoms with Crippen LogP contribution in [0, 0.1) is 11.3 Å². The maximum absolute atomic E-state index is 13.3. The molecule has 0 saturated carbocycles. The summed E-state index contributed by atoms with van der Waals surface area (Å²) >= 11 is 1.42. The average Bonchev–Trinajstić information content (AvgIpc) is 3.47. The molecule has 3 atom stereocenters. The highest BCUT2D eigenvalue weighted by molar-refractivity contribution is 7.08. The number of nitrogens with zero attached hydrogens (tertiary/aromatic N) is 1. The molecule has 32 heavy (non-hydrogen) atoms. The Hall–Kier alpha value is -1.97. The first-order chi connectivity index (χ1) is 15.2. The van der Waals surface area contributed by atoms with Crippen LogP contribution in [0.2, 0.25) is 0 Å². The van der Waals surface area contributed by atoms with Gasteiger partial charge < -0.3 is 25.0 Å². The highest BCUT2D eigenvalue weighted by Gasteiger charge is 2.40. The molecule has 178 valence electrons. The van der Waals surface area contributed by atoms with Crippen molar-refractivity contribution in [3.8, 4) is 5.75 Å². The number of rotatable bonds is 9. The van der Waals surface area contributed by atoms with Gasteiger partial charge in [-0.25, -0.2) is 4.79 Å². The van der Waals surface area contributed by atoms with Crippen molar-refractivity contribution in [1.29, 1.82) is 0 Å². The molecule has 2 unspecified atom stereocenters. The second kappa shape index (κ2) is 10.8. The van der Waals surface area contributed by atoms with Gasteiger partial charge in [-0.15, -0.1) is 11.3 Å². The van der Waals surface area contributed by atoms with E-state index in [1.165, 1.54) is 11.3 Å². The lowest BCUT2D eigenvalue weighted by Gasteiger charge is -2.33. The molecule has 2 N–H and O–H groups in total. The van der Waals surface area contributed by atoms with Crippen LogP contribution in [0.15, 0.2) is 16.8 Å². The fourth-order valence-electron chi connectivity index (χ4n) is 3.95. The van der Waals surface area contributed by atoms with E-state index in [4.69, 9.17) is 9.47 Å². The van der Waals surface area contributed by atoms with Crippen LogP contribution in [0.3, 0.4) is 0 Å². The predicted octanol–water partition coefficient (Wildman–Crippen LogP) is 2.83. The summed E-state index contributed by atoms with van der Waals surface area (Å²) < 4.78 is 11.0. The molecule has 8 nitrogen and oxygen atoms in total. The molecule has 0 aromatic carbocycles. The summed E-state index contributed by atoms with van der Waals surface area (Å²) in [5, 5.41) is 9.10. The average molecular weight is 466 g/mol. The van der Waals surface area contributed by atoms with Gasteiger partial charge in [0.25, 0.3) is 0 Å². The van der Waals surface area contributed by atoms with Crippen LogP contribution in [-0.2, 0) is 14.3 Å². The van der Waals surface area contributed by atoms with Gasteiger partial charge in [0.2, 0.25) is 5.91 Å². The Labute approximate surface area is 194 Å². The van der Waals surface area contributed by atoms with Crippen molar-refractivity contribution >= 4 is 29.1 Å². The van der Waals surface area contributed by atoms with Crippen molar-refractivity contribution in [3.63, 3.8) is 0 Å². The van der Waals surface area contributed by atoms with Crippen molar-refractivity contribution in [3.05, 3.63) is 16.8 Å². The first-order valence-corrected chi connectivity index (χ1v) is 12.3. The van der Waals surface area contributed by atoms with E-state index in [0.717, 1.165) is 25.9 Å². The fourth-order valence-corrected chi connectivity index (χ4v) is 4.50. The van der Waals surface area contributed by atoms with Crippen LogP contribution in [0.1, 0.15) is 47.0 Å². The molecule has 3 heterocycles. The minimum Gasteiger partial charge on any atom is -0.409 e. The number of ether oxygens (including phenoxy) is 2. The van der Waals surface area contributed by atoms with E-state index >= 15 is 0 Å². The number of carbonyl (C=O) groups is 3. The van der Waals surface area contributed by atoms with Crippen molar-refractivity contribution in [2.24, 2.45) is 11.3 Å². The van der Waals surface area contributed by atoms with Crippen molar-refractivity contribution in [2.45, 2.75) is 65.1 Å². The van der Waals surface area contributed by atoms with Crippen molar-refractivity contribution in [2.75, 3.05) is 26.2 Å². The third-order valence-electron chi connectivity index (χ3n) is 6.70. The molecule has 1 aromatic heterocycles. The molecule has 0 bridgehead atoms. The molecule has 0 aliphatic carbocycles. The second-order valence-corrected chi connectivity index (χ2v) is 10.5. The summed E-state index contributed by atoms with van der Waals surface area (Å²) in [6.45, 7) is 10.9. The summed E-state index contributed by atoms with van der Waals surface area (Å²) in [5.41, 5.74) is -0.219. The normalized spacial score (nSPS) is 22.8. The lowest BCUT2D eigenvalue weighted by Crippen LogP contribution is -2.56. The van der Waals surface area contributed by atoms with Crippen LogP contribution in [0.25, 0.3) is 0 Å². The highest BCUT2D eigenvalue weighted by Crippen LogP contribution is 2.31. The van der Waals surface area contributed by atoms with Gasteiger partial charge in [0.15, 0.2) is 5.78 Å². The number of nitrogens with one attached hydrogen (secondary N) is 2. The van der Waals surface area contributed by atoms with E-state index < -0.39 is 24.1 Å². The third kappa shape index (κ3) is 6.52. The number of likely N-dealkylation sites (tertiary alicyclic amines) is 1. The quantitative estimate of drug-likeness (QED) is 0.582. The van der Waals surface area contributed by atoms with Gasteiger partial charge in [0, 0.05) is 11.9 Å². The standard InChI is InChI=1S/C23H35N3O5S/c1-15(2)23(3,4)11-17(24-22(29)31-16-7-10-32-14-16)21(28)25-20-18(27)13-30-19(20)12-26-8-5-6-9-26/h7,10,14-15,17,19-20H,5-6,8-9,11-13H2,1-4H3,(H,24,29)(H,25,28)/t17-,19?,20?/m0/s1. The summed E-state index contributed by atoms with van der Waals surface area (Å²) in [5.74, 6) is 0.188. The zero-order chi connectivity index (χ0) is 23.3. The van der Waals surface area contributed by atoms with Gasteiger partial charge in [-0.05, 0) is 55.1 Å². The zero-order valence-electron chi connectivity index (χ0n) is 19.4. The smallest absolute Gasteiger partial charge is 0.409 e. The minimum atomic E-state index is -0.834. The van der Waals surface area contributed by atoms with Gasteiger partial charge in [-0.1, -0.05) is 27.7 Å². The molecular weight excluding hydrogens is 430 g/mol. The summed E-state index contributed by atoms with van der Waals surface area (Å²) in [6, 6.07) is 0.149. The SMILES string of the molecule is CC(C)C(C)(C)C[C@H](NC(=O)Oc1ccsc1)C(=O)NC1C(=O)COC1CN1CCCC1. The minimum absolute atomic E-state index is 0.000760. The number of carbonyl (C=O) groups excluding carboxylic acids is 3. The molecule has 0 radical (unpaired) electrons. The van der Waals surface area contributed by atoms with Crippen LogP contribution in [0.4, 0.5) is 4.79 Å². The molecular formula is C23H35N3O5S. The van der Waals surface area contributed by atoms with Crippen LogP contribution < -0.4 is 15.4 Å². The molecule has 0 spiro atoms. The summed E-state index contributed by atoms with van der Waals surface area (Å²) in [6.07, 6.45) is 1.63. The van der Waals surface area contributed by atoms with E-state index in [1.54, 1.807) is 16.8 Å². The van der Waals surface area contributed by atoms with Gasteiger partial charge in [-0.2, -0.15) is 0 Å². The molecule has 9 heteroatoms. The monoisotopic (exact) mass is 465 g/mol. The maximum Gasteiger partial charge on any atom is 0.413 e. The first-order valence-electron chi connectivity index (χ1n) is 11.3. The molecule has 3 rings (SSSR count). The fraction of sp³-hybridized carbons (Fsp3) is 0.696. The summed E-state index contributed by atoms with van der Waals surface area (Å²) in [4.78, 5) is 40.5. The van der Waals surface area contributed by atoms with E-state index in [0.29, 0.717) is 18.7 Å². The predicted molar refractivity (Wildman–Crippen MR) is 123 cm³/mol. The number of Topliss-reactive ketones (excluding diaryl/α,β-unsaturated/α-hetero) is 1. The van der Waals surface area contributed by atoms with Gasteiger partial charge in [-0.3, -0.25) is 9.59 Å². The van der Waals surface area contributed by atoms with E-state index in [1.807, 2.05) is 0 Å². The van der Waals surface area contributed by atoms with Crippen LogP contribution in [-0.4, -0.2) is 67.1 Å². The van der Waals surface area contributed by atoms with E-state index in [-0.39, 0.29) is 29.8 Å². The lowest BCUT2D eigenvalue weighted by atomic mass is 9.76. The maximum atomic E-state index is 13.3. The topological polar surface area (TPSA) is 97.0 Å². The number of amides is 2. The Morgan fingerprint density at radius 2 is 2.03 bits per heavy atom. The van der Waals surface area contributed by atoms with Crippen molar-refractivity contribution < 1.29 is 23.9 Å². The zero-order valence-corrected chi connectivity index (χ0v) is 20.2. The molecule has 1 aromatic rings. The van der Waals surface area contributed by atoms with E-state index in [9.17, 15) is 14.4 Å². The number of ketones is 1. The molecule has 2 fully saturated rings. The van der Waals surface area contributed by atoms with Crippen LogP contribution >= 0.6 is 11.3 Å². The Morgan fingerprint density at radius 3 is 2.66 bits per heavy atom. The van der Waals surface area contributed by atoms with Gasteiger partial charge >= 0.3 is 6.09 Å². The number of hydrogen-bond donors (Lipinski definition) is 2. The van der Waals surface area contributed by atoms with Crippen molar-refractivity contribution in [1.82, 2.24) is 15.5 Å². The summed E-state index contributed by atoms with van der Waals surface area (Å²) in [7, 11) is 0. The Bertz CT molecular complexity index is 790. The molecule has 2 aliphatic rings. The Morgan fingerprint density at radius 1 is 1.31 bits per heavy atom. The highest BCUT2D eigenvalue weighted by atomic mass is 32.1. The largest absolute Gasteiger partial charge is 0.413 e. The molecule has 2 aliphatic heterocycles. The van der Waals surface area contributed by atoms with Gasteiger partial charge in [0.05, 0.1) is 6.10 Å². The second-order valence-electron chi connectivity index (χ2n) is 9.70. The Kier molecular flexibility index (Phi) is 8.30. The van der Waals surface area contributed by atoms with E-state index in [2.05, 4.69) is 43.2 Å². The molecule has 2 amide bonds. The third-order valence-corrected chi connectivity index (χ3v) is 7.36. The Balaban J connectivity index is 1.68. The van der Waals surface area contributed by atoms with Crippen LogP contribution in [0.5, 0.6) is 5.75 Å². The number of thiophene rings is 1. The lowest BCUT2D eigenvalue weighted by molar-refractivity contribution is -0.128. The molecule has 2 saturated heterocycles. The first kappa shape index (κ1) is 24.7. The number of hydrogen-bond acceptors (Lipinski definition) is 7.